The summed E-state index contributed by atoms with van der Waals surface area (Å²) < 4.78 is 0. The molecule has 1 aliphatic rings. The molecule has 1 amide bonds. The van der Waals surface area contributed by atoms with Gasteiger partial charge in [-0.15, -0.1) is 11.3 Å². The normalized spacial score (nSPS) is 15.0. The molecule has 0 aliphatic carbocycles. The molecule has 0 radical (unpaired) electrons. The largest absolute Gasteiger partial charge is 0.333 e. The minimum absolute atomic E-state index is 0.0490. The molecule has 0 spiro atoms. The van der Waals surface area contributed by atoms with Gasteiger partial charge in [0.1, 0.15) is 5.69 Å². The number of hydrogen-bond donors (Lipinski definition) is 0. The first-order chi connectivity index (χ1) is 8.84. The Hall–Kier alpha value is -1.68. The van der Waals surface area contributed by atoms with Crippen LogP contribution in [0.4, 0.5) is 0 Å². The molecule has 0 unspecified atom stereocenters. The lowest BCUT2D eigenvalue weighted by molar-refractivity contribution is 0.0741. The number of amides is 1. The first-order valence-electron chi connectivity index (χ1n) is 6.09. The zero-order valence-electron chi connectivity index (χ0n) is 10.0. The number of rotatable bonds is 1. The molecule has 2 aromatic rings. The zero-order valence-corrected chi connectivity index (χ0v) is 10.8. The molecule has 3 rings (SSSR count). The van der Waals surface area contributed by atoms with Crippen molar-refractivity contribution in [2.24, 2.45) is 0 Å². The molecule has 2 heterocycles. The third kappa shape index (κ3) is 2.16. The number of benzene rings is 1. The summed E-state index contributed by atoms with van der Waals surface area (Å²) in [5.41, 5.74) is 4.91. The minimum atomic E-state index is 0.0490. The topological polar surface area (TPSA) is 33.2 Å². The van der Waals surface area contributed by atoms with Gasteiger partial charge in [0, 0.05) is 18.5 Å². The summed E-state index contributed by atoms with van der Waals surface area (Å²) in [4.78, 5) is 18.3. The molecule has 1 aromatic heterocycles. The summed E-state index contributed by atoms with van der Waals surface area (Å²) in [7, 11) is 0. The van der Waals surface area contributed by atoms with Gasteiger partial charge in [0.25, 0.3) is 5.91 Å². The van der Waals surface area contributed by atoms with Crippen LogP contribution < -0.4 is 0 Å². The maximum Gasteiger partial charge on any atom is 0.273 e. The van der Waals surface area contributed by atoms with Gasteiger partial charge in [0.15, 0.2) is 0 Å². The molecule has 1 aromatic carbocycles. The van der Waals surface area contributed by atoms with E-state index in [1.807, 2.05) is 16.3 Å². The highest BCUT2D eigenvalue weighted by atomic mass is 32.1. The third-order valence-electron chi connectivity index (χ3n) is 3.29. The molecule has 4 heteroatoms. The van der Waals surface area contributed by atoms with Crippen LogP contribution in [0.2, 0.25) is 0 Å². The van der Waals surface area contributed by atoms with Crippen LogP contribution >= 0.6 is 11.3 Å². The first-order valence-corrected chi connectivity index (χ1v) is 7.03. The van der Waals surface area contributed by atoms with E-state index in [4.69, 9.17) is 0 Å². The van der Waals surface area contributed by atoms with Crippen LogP contribution in [0, 0.1) is 0 Å². The second-order valence-electron chi connectivity index (χ2n) is 4.47. The van der Waals surface area contributed by atoms with Crippen molar-refractivity contribution >= 4 is 17.2 Å². The Kier molecular flexibility index (Phi) is 3.11. The van der Waals surface area contributed by atoms with E-state index in [9.17, 15) is 4.79 Å². The van der Waals surface area contributed by atoms with Gasteiger partial charge in [-0.1, -0.05) is 24.3 Å². The highest BCUT2D eigenvalue weighted by molar-refractivity contribution is 7.07. The molecule has 1 aliphatic heterocycles. The molecular weight excluding hydrogens is 244 g/mol. The second-order valence-corrected chi connectivity index (χ2v) is 5.19. The van der Waals surface area contributed by atoms with Gasteiger partial charge in [-0.25, -0.2) is 4.98 Å². The van der Waals surface area contributed by atoms with Crippen LogP contribution in [0.15, 0.2) is 35.2 Å². The smallest absolute Gasteiger partial charge is 0.273 e. The van der Waals surface area contributed by atoms with Crippen molar-refractivity contribution in [3.05, 3.63) is 52.0 Å². The summed E-state index contributed by atoms with van der Waals surface area (Å²) in [6, 6.07) is 8.38. The van der Waals surface area contributed by atoms with Crippen LogP contribution in [0.3, 0.4) is 0 Å². The number of nitrogens with zero attached hydrogens (tertiary/aromatic N) is 2. The Bertz CT molecular complexity index is 551. The quantitative estimate of drug-likeness (QED) is 0.788. The number of thiazole rings is 1. The van der Waals surface area contributed by atoms with Gasteiger partial charge >= 0.3 is 0 Å². The van der Waals surface area contributed by atoms with Crippen molar-refractivity contribution in [3.63, 3.8) is 0 Å². The fourth-order valence-corrected chi connectivity index (χ4v) is 2.88. The van der Waals surface area contributed by atoms with E-state index in [2.05, 4.69) is 23.2 Å². The zero-order chi connectivity index (χ0) is 12.4. The number of hydrogen-bond acceptors (Lipinski definition) is 3. The Balaban J connectivity index is 1.85. The molecule has 3 nitrogen and oxygen atoms in total. The molecule has 0 fully saturated rings. The first kappa shape index (κ1) is 11.4. The summed E-state index contributed by atoms with van der Waals surface area (Å²) in [5, 5.41) is 1.82. The molecule has 0 saturated heterocycles. The van der Waals surface area contributed by atoms with Crippen LogP contribution in [0.1, 0.15) is 28.0 Å². The maximum absolute atomic E-state index is 12.3. The predicted octanol–water partition coefficient (Wildman–Crippen LogP) is 2.73. The van der Waals surface area contributed by atoms with E-state index in [-0.39, 0.29) is 5.91 Å². The van der Waals surface area contributed by atoms with E-state index in [1.165, 1.54) is 22.5 Å². The Morgan fingerprint density at radius 3 is 2.89 bits per heavy atom. The van der Waals surface area contributed by atoms with Crippen molar-refractivity contribution in [1.29, 1.82) is 0 Å². The summed E-state index contributed by atoms with van der Waals surface area (Å²) >= 11 is 1.46. The molecule has 0 atom stereocenters. The Labute approximate surface area is 110 Å². The predicted molar refractivity (Wildman–Crippen MR) is 71.6 cm³/mol. The number of carbonyl (C=O) groups excluding carboxylic acids is 1. The maximum atomic E-state index is 12.3. The average Bonchev–Trinajstić information content (AvgIpc) is 2.84. The van der Waals surface area contributed by atoms with Gasteiger partial charge in [0.05, 0.1) is 5.51 Å². The monoisotopic (exact) mass is 258 g/mol. The molecule has 0 saturated carbocycles. The van der Waals surface area contributed by atoms with Crippen molar-refractivity contribution in [2.75, 3.05) is 6.54 Å². The van der Waals surface area contributed by atoms with E-state index in [1.54, 1.807) is 5.51 Å². The molecular formula is C14H14N2OS. The highest BCUT2D eigenvalue weighted by Crippen LogP contribution is 2.19. The van der Waals surface area contributed by atoms with Gasteiger partial charge in [0.2, 0.25) is 0 Å². The van der Waals surface area contributed by atoms with Crippen LogP contribution in [0.5, 0.6) is 0 Å². The van der Waals surface area contributed by atoms with Crippen molar-refractivity contribution in [1.82, 2.24) is 9.88 Å². The number of carbonyl (C=O) groups is 1. The van der Waals surface area contributed by atoms with Crippen LogP contribution in [-0.2, 0) is 13.0 Å². The number of aromatic nitrogens is 1. The van der Waals surface area contributed by atoms with Gasteiger partial charge in [-0.3, -0.25) is 4.79 Å². The Morgan fingerprint density at radius 2 is 2.11 bits per heavy atom. The number of fused-ring (bicyclic) bond motifs is 1. The molecule has 18 heavy (non-hydrogen) atoms. The van der Waals surface area contributed by atoms with Gasteiger partial charge in [-0.2, -0.15) is 0 Å². The summed E-state index contributed by atoms with van der Waals surface area (Å²) in [5.74, 6) is 0.0490. The Morgan fingerprint density at radius 1 is 1.28 bits per heavy atom. The SMILES string of the molecule is O=C(c1cscn1)N1CCCc2ccccc2C1. The lowest BCUT2D eigenvalue weighted by Crippen LogP contribution is -2.30. The minimum Gasteiger partial charge on any atom is -0.333 e. The summed E-state index contributed by atoms with van der Waals surface area (Å²) in [6.45, 7) is 1.51. The molecule has 0 bridgehead atoms. The highest BCUT2D eigenvalue weighted by Gasteiger charge is 2.20. The molecule has 92 valence electrons. The molecule has 0 N–H and O–H groups in total. The van der Waals surface area contributed by atoms with Crippen molar-refractivity contribution < 1.29 is 4.79 Å². The third-order valence-corrected chi connectivity index (χ3v) is 3.88. The fourth-order valence-electron chi connectivity index (χ4n) is 2.35. The average molecular weight is 258 g/mol. The standard InChI is InChI=1S/C14H14N2OS/c17-14(13-9-18-10-15-13)16-7-3-6-11-4-1-2-5-12(11)8-16/h1-2,4-5,9-10H,3,6-8H2. The van der Waals surface area contributed by atoms with E-state index >= 15 is 0 Å². The van der Waals surface area contributed by atoms with Crippen molar-refractivity contribution in [3.8, 4) is 0 Å². The van der Waals surface area contributed by atoms with Gasteiger partial charge < -0.3 is 4.90 Å². The fraction of sp³-hybridized carbons (Fsp3) is 0.286. The number of aryl methyl sites for hydroxylation is 1. The van der Waals surface area contributed by atoms with E-state index < -0.39 is 0 Å². The van der Waals surface area contributed by atoms with Crippen LogP contribution in [0.25, 0.3) is 0 Å². The van der Waals surface area contributed by atoms with Crippen LogP contribution in [-0.4, -0.2) is 22.3 Å². The van der Waals surface area contributed by atoms with Gasteiger partial charge in [-0.05, 0) is 24.0 Å². The lowest BCUT2D eigenvalue weighted by Gasteiger charge is -2.19. The van der Waals surface area contributed by atoms with E-state index in [0.717, 1.165) is 19.4 Å². The summed E-state index contributed by atoms with van der Waals surface area (Å²) in [6.07, 6.45) is 2.07. The van der Waals surface area contributed by atoms with E-state index in [0.29, 0.717) is 12.2 Å². The van der Waals surface area contributed by atoms with Crippen molar-refractivity contribution in [2.45, 2.75) is 19.4 Å². The second kappa shape index (κ2) is 4.90. The lowest BCUT2D eigenvalue weighted by atomic mass is 10.0.